The highest BCUT2D eigenvalue weighted by Crippen LogP contribution is 2.35. The van der Waals surface area contributed by atoms with E-state index in [0.29, 0.717) is 47.9 Å². The van der Waals surface area contributed by atoms with E-state index in [2.05, 4.69) is 4.98 Å². The number of benzene rings is 1. The number of ether oxygens (including phenoxy) is 2. The van der Waals surface area contributed by atoms with E-state index in [4.69, 9.17) is 9.47 Å². The second kappa shape index (κ2) is 8.06. The normalized spacial score (nSPS) is 19.3. The summed E-state index contributed by atoms with van der Waals surface area (Å²) in [6.45, 7) is 3.38. The van der Waals surface area contributed by atoms with Crippen LogP contribution in [0.5, 0.6) is 11.5 Å². The Hall–Kier alpha value is -3.62. The van der Waals surface area contributed by atoms with E-state index in [-0.39, 0.29) is 35.4 Å². The van der Waals surface area contributed by atoms with E-state index in [1.165, 1.54) is 18.8 Å². The zero-order chi connectivity index (χ0) is 23.3. The average molecular weight is 450 g/mol. The highest BCUT2D eigenvalue weighted by molar-refractivity contribution is 5.82. The highest BCUT2D eigenvalue weighted by Gasteiger charge is 2.36. The van der Waals surface area contributed by atoms with Gasteiger partial charge in [-0.05, 0) is 31.4 Å². The van der Waals surface area contributed by atoms with Crippen molar-refractivity contribution in [3.8, 4) is 11.5 Å². The van der Waals surface area contributed by atoms with E-state index in [0.717, 1.165) is 12.1 Å². The maximum Gasteiger partial charge on any atom is 0.262 e. The van der Waals surface area contributed by atoms with Gasteiger partial charge in [-0.3, -0.25) is 19.0 Å². The van der Waals surface area contributed by atoms with Crippen LogP contribution in [-0.2, 0) is 17.9 Å². The third-order valence-electron chi connectivity index (χ3n) is 6.78. The molecule has 0 saturated carbocycles. The summed E-state index contributed by atoms with van der Waals surface area (Å²) in [5.74, 6) is 1.61. The summed E-state index contributed by atoms with van der Waals surface area (Å²) in [7, 11) is 3.03. The van der Waals surface area contributed by atoms with Crippen molar-refractivity contribution in [2.75, 3.05) is 27.3 Å². The average Bonchev–Trinajstić information content (AvgIpc) is 2.81. The third kappa shape index (κ3) is 3.57. The summed E-state index contributed by atoms with van der Waals surface area (Å²) in [5.41, 5.74) is 1.20. The number of hydrogen-bond acceptors (Lipinski definition) is 6. The standard InChI is InChI=1S/C24H26N4O5/c1-14-25-18-9-21(33-3)20(32-2)8-17(18)24(31)27(14)13-23(30)26-10-15-7-16(12-26)19-5-4-6-22(29)28(19)11-15/h4-6,8-9,15-16H,7,10-13H2,1-3H3/t15-,16?/m1/s1. The lowest BCUT2D eigenvalue weighted by Gasteiger charge is -2.42. The molecule has 0 radical (unpaired) electrons. The smallest absolute Gasteiger partial charge is 0.262 e. The molecule has 172 valence electrons. The van der Waals surface area contributed by atoms with Crippen molar-refractivity contribution in [1.82, 2.24) is 19.0 Å². The molecule has 0 spiro atoms. The Labute approximate surface area is 190 Å². The van der Waals surface area contributed by atoms with Crippen molar-refractivity contribution in [2.24, 2.45) is 5.92 Å². The van der Waals surface area contributed by atoms with Crippen LogP contribution < -0.4 is 20.6 Å². The van der Waals surface area contributed by atoms with Crippen LogP contribution >= 0.6 is 0 Å². The van der Waals surface area contributed by atoms with Crippen LogP contribution in [0.1, 0.15) is 23.9 Å². The van der Waals surface area contributed by atoms with Crippen LogP contribution in [0.15, 0.2) is 39.9 Å². The minimum Gasteiger partial charge on any atom is -0.493 e. The zero-order valence-electron chi connectivity index (χ0n) is 18.9. The first-order valence-corrected chi connectivity index (χ1v) is 11.0. The summed E-state index contributed by atoms with van der Waals surface area (Å²) >= 11 is 0. The lowest BCUT2D eigenvalue weighted by molar-refractivity contribution is -0.134. The SMILES string of the molecule is COc1cc2nc(C)n(CC(=O)N3CC4C[C@H](C3)Cn3c4cccc3=O)c(=O)c2cc1OC. The van der Waals surface area contributed by atoms with Gasteiger partial charge in [0, 0.05) is 43.4 Å². The number of methoxy groups -OCH3 is 2. The lowest BCUT2D eigenvalue weighted by atomic mass is 9.83. The number of pyridine rings is 1. The van der Waals surface area contributed by atoms with Gasteiger partial charge in [-0.25, -0.2) is 4.98 Å². The van der Waals surface area contributed by atoms with Crippen molar-refractivity contribution < 1.29 is 14.3 Å². The van der Waals surface area contributed by atoms with E-state index >= 15 is 0 Å². The molecule has 2 aromatic heterocycles. The van der Waals surface area contributed by atoms with Gasteiger partial charge in [0.2, 0.25) is 5.91 Å². The first-order chi connectivity index (χ1) is 15.9. The molecule has 2 aliphatic heterocycles. The fourth-order valence-corrected chi connectivity index (χ4v) is 5.18. The predicted molar refractivity (Wildman–Crippen MR) is 122 cm³/mol. The van der Waals surface area contributed by atoms with Gasteiger partial charge in [-0.1, -0.05) is 6.07 Å². The van der Waals surface area contributed by atoms with E-state index < -0.39 is 0 Å². The van der Waals surface area contributed by atoms with Crippen molar-refractivity contribution in [1.29, 1.82) is 0 Å². The molecular formula is C24H26N4O5. The van der Waals surface area contributed by atoms with Crippen LogP contribution in [0.25, 0.3) is 10.9 Å². The zero-order valence-corrected chi connectivity index (χ0v) is 18.9. The largest absolute Gasteiger partial charge is 0.493 e. The maximum atomic E-state index is 13.3. The molecule has 0 N–H and O–H groups in total. The second-order valence-electron chi connectivity index (χ2n) is 8.77. The maximum absolute atomic E-state index is 13.3. The van der Waals surface area contributed by atoms with E-state index in [9.17, 15) is 14.4 Å². The Morgan fingerprint density at radius 1 is 1.09 bits per heavy atom. The molecule has 4 heterocycles. The van der Waals surface area contributed by atoms with Crippen LogP contribution in [0.3, 0.4) is 0 Å². The van der Waals surface area contributed by atoms with Crippen molar-refractivity contribution in [3.05, 3.63) is 62.6 Å². The molecule has 9 heteroatoms. The van der Waals surface area contributed by atoms with Crippen LogP contribution in [0.2, 0.25) is 0 Å². The fourth-order valence-electron chi connectivity index (χ4n) is 5.18. The number of amides is 1. The Morgan fingerprint density at radius 2 is 1.85 bits per heavy atom. The number of carbonyl (C=O) groups excluding carboxylic acids is 1. The summed E-state index contributed by atoms with van der Waals surface area (Å²) in [4.78, 5) is 45.1. The molecule has 1 fully saturated rings. The molecule has 2 bridgehead atoms. The molecule has 1 aromatic carbocycles. The van der Waals surface area contributed by atoms with Gasteiger partial charge in [-0.2, -0.15) is 0 Å². The molecule has 1 unspecified atom stereocenters. The van der Waals surface area contributed by atoms with Crippen molar-refractivity contribution in [2.45, 2.75) is 32.4 Å². The Balaban J connectivity index is 1.44. The van der Waals surface area contributed by atoms with Gasteiger partial charge in [0.15, 0.2) is 11.5 Å². The summed E-state index contributed by atoms with van der Waals surface area (Å²) in [6.07, 6.45) is 0.964. The molecule has 2 atom stereocenters. The summed E-state index contributed by atoms with van der Waals surface area (Å²) < 4.78 is 13.9. The molecule has 1 saturated heterocycles. The van der Waals surface area contributed by atoms with Gasteiger partial charge in [0.1, 0.15) is 12.4 Å². The van der Waals surface area contributed by atoms with Crippen LogP contribution in [0, 0.1) is 12.8 Å². The predicted octanol–water partition coefficient (Wildman–Crippen LogP) is 1.53. The second-order valence-corrected chi connectivity index (χ2v) is 8.77. The van der Waals surface area contributed by atoms with Gasteiger partial charge >= 0.3 is 0 Å². The number of nitrogens with zero attached hydrogens (tertiary/aromatic N) is 4. The number of fused-ring (bicyclic) bond motifs is 5. The Morgan fingerprint density at radius 3 is 2.61 bits per heavy atom. The number of carbonyl (C=O) groups is 1. The van der Waals surface area contributed by atoms with E-state index in [1.807, 2.05) is 15.5 Å². The number of hydrogen-bond donors (Lipinski definition) is 0. The van der Waals surface area contributed by atoms with Gasteiger partial charge in [-0.15, -0.1) is 0 Å². The Bertz CT molecular complexity index is 1380. The van der Waals surface area contributed by atoms with Crippen molar-refractivity contribution in [3.63, 3.8) is 0 Å². The Kier molecular flexibility index (Phi) is 5.19. The topological polar surface area (TPSA) is 95.7 Å². The molecule has 3 aromatic rings. The quantitative estimate of drug-likeness (QED) is 0.598. The molecule has 1 amide bonds. The monoisotopic (exact) mass is 450 g/mol. The third-order valence-corrected chi connectivity index (χ3v) is 6.78. The number of piperidine rings is 1. The van der Waals surface area contributed by atoms with Crippen LogP contribution in [-0.4, -0.2) is 52.2 Å². The number of aromatic nitrogens is 3. The molecule has 2 aliphatic rings. The molecule has 5 rings (SSSR count). The molecular weight excluding hydrogens is 424 g/mol. The van der Waals surface area contributed by atoms with Crippen molar-refractivity contribution >= 4 is 16.8 Å². The summed E-state index contributed by atoms with van der Waals surface area (Å²) in [6, 6.07) is 8.60. The molecule has 33 heavy (non-hydrogen) atoms. The lowest BCUT2D eigenvalue weighted by Crippen LogP contribution is -2.50. The number of aryl methyl sites for hydroxylation is 1. The minimum atomic E-state index is -0.291. The fraction of sp³-hybridized carbons (Fsp3) is 0.417. The first kappa shape index (κ1) is 21.2. The molecule has 0 aliphatic carbocycles. The summed E-state index contributed by atoms with van der Waals surface area (Å²) in [5, 5.41) is 0.370. The highest BCUT2D eigenvalue weighted by atomic mass is 16.5. The van der Waals surface area contributed by atoms with Crippen LogP contribution in [0.4, 0.5) is 0 Å². The minimum absolute atomic E-state index is 0.0125. The van der Waals surface area contributed by atoms with Gasteiger partial charge < -0.3 is 18.9 Å². The van der Waals surface area contributed by atoms with E-state index in [1.54, 1.807) is 31.2 Å². The number of rotatable bonds is 4. The number of likely N-dealkylation sites (tertiary alicyclic amines) is 1. The van der Waals surface area contributed by atoms with Gasteiger partial charge in [0.05, 0.1) is 25.1 Å². The first-order valence-electron chi connectivity index (χ1n) is 11.0. The van der Waals surface area contributed by atoms with Gasteiger partial charge in [0.25, 0.3) is 11.1 Å². The molecule has 9 nitrogen and oxygen atoms in total.